The summed E-state index contributed by atoms with van der Waals surface area (Å²) in [5, 5.41) is 56.0. The van der Waals surface area contributed by atoms with E-state index < -0.39 is 21.5 Å². The monoisotopic (exact) mass is 692 g/mol. The molecule has 4 rings (SSSR count). The van der Waals surface area contributed by atoms with Crippen molar-refractivity contribution in [2.24, 2.45) is 5.41 Å². The Balaban J connectivity index is 0.000000270. The Morgan fingerprint density at radius 3 is 1.70 bits per heavy atom. The van der Waals surface area contributed by atoms with E-state index in [2.05, 4.69) is 10.6 Å². The number of nitriles is 2. The van der Waals surface area contributed by atoms with Crippen LogP contribution in [0.25, 0.3) is 0 Å². The van der Waals surface area contributed by atoms with Crippen molar-refractivity contribution < 1.29 is 29.3 Å². The van der Waals surface area contributed by atoms with E-state index in [1.54, 1.807) is 17.0 Å². The molecule has 0 bridgehead atoms. The van der Waals surface area contributed by atoms with E-state index in [1.807, 2.05) is 53.7 Å². The summed E-state index contributed by atoms with van der Waals surface area (Å²) in [6, 6.07) is 12.2. The van der Waals surface area contributed by atoms with Crippen molar-refractivity contribution in [3.05, 3.63) is 67.8 Å². The first-order chi connectivity index (χ1) is 23.3. The standard InChI is InChI=1S/2C17H22N4O4/c1-17(2,3)25-16(22)20-8-6-13(7-9-20)19-14-5-4-12(11-18)10-15(14)21(23)24;1-17(2,3)15-9-12(6-7-20(15)16(22)23)19-13-5-4-11(10-18)8-14(13)21(24)25/h4-5,10,13,19H,6-9H2,1-3H3;4-5,8,12,15,19H,6-7,9H2,1-3H3,(H,22,23). The number of amides is 2. The first-order valence-corrected chi connectivity index (χ1v) is 16.2. The molecule has 0 radical (unpaired) electrons. The maximum atomic E-state index is 12.1. The maximum Gasteiger partial charge on any atom is 0.410 e. The number of hydrogen-bond donors (Lipinski definition) is 3. The van der Waals surface area contributed by atoms with E-state index in [9.17, 15) is 34.9 Å². The van der Waals surface area contributed by atoms with Crippen molar-refractivity contribution in [3.8, 4) is 12.1 Å². The van der Waals surface area contributed by atoms with Gasteiger partial charge in [-0.25, -0.2) is 9.59 Å². The first kappa shape index (κ1) is 38.8. The van der Waals surface area contributed by atoms with E-state index in [4.69, 9.17) is 15.3 Å². The van der Waals surface area contributed by atoms with Gasteiger partial charge in [0.15, 0.2) is 0 Å². The SMILES string of the molecule is CC(C)(C)C1CC(Nc2ccc(C#N)cc2[N+](=O)[O-])CCN1C(=O)O.CC(C)(C)OC(=O)N1CCC(Nc2ccc(C#N)cc2[N+](=O)[O-])CC1. The van der Waals surface area contributed by atoms with Gasteiger partial charge in [0.05, 0.1) is 33.1 Å². The van der Waals surface area contributed by atoms with Gasteiger partial charge in [0.25, 0.3) is 11.4 Å². The van der Waals surface area contributed by atoms with Crippen molar-refractivity contribution in [3.63, 3.8) is 0 Å². The van der Waals surface area contributed by atoms with Crippen LogP contribution in [0.15, 0.2) is 36.4 Å². The van der Waals surface area contributed by atoms with E-state index in [0.717, 1.165) is 0 Å². The number of hydrogen-bond acceptors (Lipinski definition) is 11. The van der Waals surface area contributed by atoms with Gasteiger partial charge in [0.1, 0.15) is 17.0 Å². The molecule has 0 saturated carbocycles. The lowest BCUT2D eigenvalue weighted by Gasteiger charge is -2.44. The van der Waals surface area contributed by atoms with Gasteiger partial charge in [0.2, 0.25) is 0 Å². The van der Waals surface area contributed by atoms with Crippen LogP contribution >= 0.6 is 0 Å². The fraction of sp³-hybridized carbons (Fsp3) is 0.529. The molecular weight excluding hydrogens is 648 g/mol. The highest BCUT2D eigenvalue weighted by molar-refractivity contribution is 5.69. The lowest BCUT2D eigenvalue weighted by atomic mass is 9.79. The number of nitro groups is 2. The second-order valence-electron chi connectivity index (χ2n) is 14.3. The van der Waals surface area contributed by atoms with Gasteiger partial charge in [0, 0.05) is 49.9 Å². The highest BCUT2D eigenvalue weighted by Gasteiger charge is 2.39. The Labute approximate surface area is 290 Å². The highest BCUT2D eigenvalue weighted by Crippen LogP contribution is 2.35. The van der Waals surface area contributed by atoms with Crippen molar-refractivity contribution in [2.75, 3.05) is 30.3 Å². The average molecular weight is 693 g/mol. The van der Waals surface area contributed by atoms with Crippen molar-refractivity contribution >= 4 is 34.9 Å². The molecular formula is C34H44N8O8. The van der Waals surface area contributed by atoms with Crippen molar-refractivity contribution in [2.45, 2.75) is 91.0 Å². The number of anilines is 2. The molecule has 2 saturated heterocycles. The first-order valence-electron chi connectivity index (χ1n) is 16.2. The molecule has 2 unspecified atom stereocenters. The molecule has 0 spiro atoms. The molecule has 2 fully saturated rings. The predicted octanol–water partition coefficient (Wildman–Crippen LogP) is 6.71. The molecule has 2 heterocycles. The van der Waals surface area contributed by atoms with Crippen LogP contribution in [0.2, 0.25) is 0 Å². The number of nitrogens with zero attached hydrogens (tertiary/aromatic N) is 6. The largest absolute Gasteiger partial charge is 0.465 e. The van der Waals surface area contributed by atoms with Crippen LogP contribution in [-0.4, -0.2) is 80.3 Å². The van der Waals surface area contributed by atoms with Gasteiger partial charge in [-0.05, 0) is 76.1 Å². The number of rotatable bonds is 6. The fourth-order valence-corrected chi connectivity index (χ4v) is 5.87. The van der Waals surface area contributed by atoms with Gasteiger partial charge >= 0.3 is 12.2 Å². The molecule has 0 aliphatic carbocycles. The minimum Gasteiger partial charge on any atom is -0.465 e. The van der Waals surface area contributed by atoms with Crippen molar-refractivity contribution in [1.29, 1.82) is 10.5 Å². The van der Waals surface area contributed by atoms with E-state index in [-0.39, 0.29) is 52.1 Å². The number of piperidine rings is 2. The van der Waals surface area contributed by atoms with Gasteiger partial charge in [-0.3, -0.25) is 20.2 Å². The number of benzene rings is 2. The summed E-state index contributed by atoms with van der Waals surface area (Å²) < 4.78 is 5.35. The zero-order valence-electron chi connectivity index (χ0n) is 29.1. The number of carboxylic acid groups (broad SMARTS) is 1. The lowest BCUT2D eigenvalue weighted by Crippen LogP contribution is -2.54. The normalized spacial score (nSPS) is 18.0. The zero-order chi connectivity index (χ0) is 37.4. The summed E-state index contributed by atoms with van der Waals surface area (Å²) >= 11 is 0. The molecule has 2 atom stereocenters. The second kappa shape index (κ2) is 16.2. The molecule has 2 aliphatic rings. The minimum absolute atomic E-state index is 0.0188. The quantitative estimate of drug-likeness (QED) is 0.212. The third kappa shape index (κ3) is 10.7. The highest BCUT2D eigenvalue weighted by atomic mass is 16.6. The Morgan fingerprint density at radius 1 is 0.840 bits per heavy atom. The van der Waals surface area contributed by atoms with Crippen LogP contribution in [0, 0.1) is 48.3 Å². The smallest absolute Gasteiger partial charge is 0.410 e. The number of nitro benzene ring substituents is 2. The van der Waals surface area contributed by atoms with Gasteiger partial charge in [-0.15, -0.1) is 0 Å². The summed E-state index contributed by atoms with van der Waals surface area (Å²) in [5.74, 6) is 0. The molecule has 3 N–H and O–H groups in total. The molecule has 50 heavy (non-hydrogen) atoms. The van der Waals surface area contributed by atoms with Crippen LogP contribution in [0.4, 0.5) is 32.3 Å². The average Bonchev–Trinajstić information content (AvgIpc) is 3.04. The zero-order valence-corrected chi connectivity index (χ0v) is 29.1. The molecule has 2 aromatic carbocycles. The fourth-order valence-electron chi connectivity index (χ4n) is 5.87. The van der Waals surface area contributed by atoms with Gasteiger partial charge in [-0.1, -0.05) is 20.8 Å². The summed E-state index contributed by atoms with van der Waals surface area (Å²) in [4.78, 5) is 48.1. The van der Waals surface area contributed by atoms with Crippen molar-refractivity contribution in [1.82, 2.24) is 9.80 Å². The summed E-state index contributed by atoms with van der Waals surface area (Å²) in [5.41, 5.74) is 0.179. The van der Waals surface area contributed by atoms with Crippen LogP contribution in [0.5, 0.6) is 0 Å². The number of likely N-dealkylation sites (tertiary alicyclic amines) is 2. The minimum atomic E-state index is -0.942. The summed E-state index contributed by atoms with van der Waals surface area (Å²) in [7, 11) is 0. The number of carbonyl (C=O) groups is 2. The third-order valence-corrected chi connectivity index (χ3v) is 8.36. The van der Waals surface area contributed by atoms with E-state index in [0.29, 0.717) is 56.7 Å². The molecule has 268 valence electrons. The van der Waals surface area contributed by atoms with Gasteiger partial charge in [-0.2, -0.15) is 10.5 Å². The molecule has 2 amide bonds. The third-order valence-electron chi connectivity index (χ3n) is 8.36. The van der Waals surface area contributed by atoms with E-state index in [1.165, 1.54) is 29.2 Å². The van der Waals surface area contributed by atoms with Crippen LogP contribution < -0.4 is 10.6 Å². The summed E-state index contributed by atoms with van der Waals surface area (Å²) in [6.45, 7) is 12.8. The van der Waals surface area contributed by atoms with Gasteiger partial charge < -0.3 is 30.3 Å². The number of nitrogens with one attached hydrogen (secondary N) is 2. The van der Waals surface area contributed by atoms with Crippen LogP contribution in [0.1, 0.15) is 78.4 Å². The number of carbonyl (C=O) groups excluding carboxylic acids is 1. The lowest BCUT2D eigenvalue weighted by molar-refractivity contribution is -0.384. The van der Waals surface area contributed by atoms with E-state index >= 15 is 0 Å². The molecule has 2 aliphatic heterocycles. The molecule has 0 aromatic heterocycles. The van der Waals surface area contributed by atoms with Crippen LogP contribution in [0.3, 0.4) is 0 Å². The number of ether oxygens (including phenoxy) is 1. The maximum absolute atomic E-state index is 12.1. The Kier molecular flexibility index (Phi) is 12.6. The summed E-state index contributed by atoms with van der Waals surface area (Å²) in [6.07, 6.45) is 1.17. The van der Waals surface area contributed by atoms with Crippen LogP contribution in [-0.2, 0) is 4.74 Å². The topological polar surface area (TPSA) is 228 Å². The Bertz CT molecular complexity index is 1660. The molecule has 16 nitrogen and oxygen atoms in total. The Hall–Kier alpha value is -5.64. The second-order valence-corrected chi connectivity index (χ2v) is 14.3. The molecule has 16 heteroatoms. The molecule has 2 aromatic rings. The predicted molar refractivity (Wildman–Crippen MR) is 185 cm³/mol. The Morgan fingerprint density at radius 2 is 1.30 bits per heavy atom.